The Kier molecular flexibility index (Phi) is 3.98. The second-order valence-electron chi connectivity index (χ2n) is 5.37. The molecule has 0 unspecified atom stereocenters. The highest BCUT2D eigenvalue weighted by Crippen LogP contribution is 2.23. The molecular formula is C17H20N2O2. The van der Waals surface area contributed by atoms with E-state index in [-0.39, 0.29) is 5.78 Å². The van der Waals surface area contributed by atoms with E-state index in [1.165, 1.54) is 0 Å². The average Bonchev–Trinajstić information content (AvgIpc) is 2.66. The van der Waals surface area contributed by atoms with Crippen LogP contribution in [0.25, 0.3) is 6.08 Å². The third-order valence-corrected chi connectivity index (χ3v) is 3.70. The number of hydrogen-bond donors (Lipinski definition) is 1. The first-order chi connectivity index (χ1) is 9.81. The fraction of sp³-hybridized carbons (Fsp3) is 0.294. The fourth-order valence-corrected chi connectivity index (χ4v) is 2.47. The lowest BCUT2D eigenvalue weighted by Crippen LogP contribution is -1.99. The monoisotopic (exact) mass is 284 g/mol. The predicted molar refractivity (Wildman–Crippen MR) is 83.6 cm³/mol. The standard InChI is InChI=1S/C17H20N2O2/c1-10-8-14(9-11(2)17(10)21)6-7-15(20)16-12(3)18-19(5)13(16)4/h6-9,21H,1-5H3/b7-6+. The molecule has 1 N–H and O–H groups in total. The van der Waals surface area contributed by atoms with Gasteiger partial charge < -0.3 is 5.11 Å². The predicted octanol–water partition coefficient (Wildman–Crippen LogP) is 3.26. The van der Waals surface area contributed by atoms with E-state index in [0.29, 0.717) is 11.3 Å². The van der Waals surface area contributed by atoms with Crippen molar-refractivity contribution < 1.29 is 9.90 Å². The van der Waals surface area contributed by atoms with Crippen molar-refractivity contribution in [1.29, 1.82) is 0 Å². The molecule has 0 atom stereocenters. The van der Waals surface area contributed by atoms with E-state index in [2.05, 4.69) is 5.10 Å². The summed E-state index contributed by atoms with van der Waals surface area (Å²) in [7, 11) is 1.83. The molecule has 0 saturated carbocycles. The first-order valence-electron chi connectivity index (χ1n) is 6.84. The minimum atomic E-state index is -0.0542. The highest BCUT2D eigenvalue weighted by molar-refractivity contribution is 6.08. The van der Waals surface area contributed by atoms with Crippen LogP contribution in [0.15, 0.2) is 18.2 Å². The van der Waals surface area contributed by atoms with Gasteiger partial charge in [0.2, 0.25) is 0 Å². The van der Waals surface area contributed by atoms with Crippen molar-refractivity contribution in [3.63, 3.8) is 0 Å². The maximum Gasteiger partial charge on any atom is 0.189 e. The number of rotatable bonds is 3. The second-order valence-corrected chi connectivity index (χ2v) is 5.37. The minimum absolute atomic E-state index is 0.0542. The van der Waals surface area contributed by atoms with Crippen LogP contribution >= 0.6 is 0 Å². The molecule has 110 valence electrons. The molecule has 4 heteroatoms. The maximum atomic E-state index is 12.3. The number of allylic oxidation sites excluding steroid dienone is 1. The summed E-state index contributed by atoms with van der Waals surface area (Å²) >= 11 is 0. The van der Waals surface area contributed by atoms with Crippen molar-refractivity contribution in [2.24, 2.45) is 7.05 Å². The van der Waals surface area contributed by atoms with Gasteiger partial charge in [-0.15, -0.1) is 0 Å². The summed E-state index contributed by atoms with van der Waals surface area (Å²) in [6.45, 7) is 7.41. The molecule has 1 aromatic heterocycles. The summed E-state index contributed by atoms with van der Waals surface area (Å²) in [5, 5.41) is 14.0. The van der Waals surface area contributed by atoms with E-state index in [1.54, 1.807) is 16.8 Å². The summed E-state index contributed by atoms with van der Waals surface area (Å²) in [5.41, 5.74) is 4.76. The molecule has 0 aliphatic rings. The Morgan fingerprint density at radius 2 is 1.76 bits per heavy atom. The molecule has 0 fully saturated rings. The van der Waals surface area contributed by atoms with Crippen molar-refractivity contribution in [2.75, 3.05) is 0 Å². The number of carbonyl (C=O) groups is 1. The zero-order valence-electron chi connectivity index (χ0n) is 13.1. The summed E-state index contributed by atoms with van der Waals surface area (Å²) in [4.78, 5) is 12.3. The molecule has 0 amide bonds. The number of carbonyl (C=O) groups excluding carboxylic acids is 1. The molecule has 0 bridgehead atoms. The number of nitrogens with zero attached hydrogens (tertiary/aromatic N) is 2. The largest absolute Gasteiger partial charge is 0.507 e. The van der Waals surface area contributed by atoms with E-state index in [9.17, 15) is 9.90 Å². The van der Waals surface area contributed by atoms with Gasteiger partial charge in [-0.1, -0.05) is 6.08 Å². The van der Waals surface area contributed by atoms with Gasteiger partial charge in [0, 0.05) is 12.7 Å². The molecule has 0 aliphatic carbocycles. The van der Waals surface area contributed by atoms with Gasteiger partial charge in [0.05, 0.1) is 11.3 Å². The molecule has 0 saturated heterocycles. The molecule has 0 aliphatic heterocycles. The van der Waals surface area contributed by atoms with Crippen molar-refractivity contribution in [2.45, 2.75) is 27.7 Å². The number of aromatic hydroxyl groups is 1. The number of hydrogen-bond acceptors (Lipinski definition) is 3. The third-order valence-electron chi connectivity index (χ3n) is 3.70. The lowest BCUT2D eigenvalue weighted by molar-refractivity contribution is 0.104. The van der Waals surface area contributed by atoms with Gasteiger partial charge in [-0.3, -0.25) is 9.48 Å². The number of phenolic OH excluding ortho intramolecular Hbond substituents is 1. The summed E-state index contributed by atoms with van der Waals surface area (Å²) < 4.78 is 1.71. The Hall–Kier alpha value is -2.36. The topological polar surface area (TPSA) is 55.1 Å². The van der Waals surface area contributed by atoms with E-state index >= 15 is 0 Å². The molecule has 2 rings (SSSR count). The molecule has 2 aromatic rings. The van der Waals surface area contributed by atoms with Crippen LogP contribution in [0, 0.1) is 27.7 Å². The van der Waals surface area contributed by atoms with Crippen LogP contribution in [0.1, 0.15) is 38.4 Å². The normalized spacial score (nSPS) is 11.3. The van der Waals surface area contributed by atoms with Crippen molar-refractivity contribution in [3.05, 3.63) is 51.9 Å². The van der Waals surface area contributed by atoms with Crippen LogP contribution in [0.3, 0.4) is 0 Å². The molecular weight excluding hydrogens is 264 g/mol. The van der Waals surface area contributed by atoms with E-state index in [1.807, 2.05) is 46.9 Å². The number of ketones is 1. The first kappa shape index (κ1) is 15.0. The highest BCUT2D eigenvalue weighted by Gasteiger charge is 2.14. The van der Waals surface area contributed by atoms with Gasteiger partial charge in [0.15, 0.2) is 5.78 Å². The van der Waals surface area contributed by atoms with Crippen LogP contribution in [-0.2, 0) is 7.05 Å². The maximum absolute atomic E-state index is 12.3. The first-order valence-corrected chi connectivity index (χ1v) is 6.84. The van der Waals surface area contributed by atoms with E-state index in [0.717, 1.165) is 28.1 Å². The Bertz CT molecular complexity index is 716. The van der Waals surface area contributed by atoms with Gasteiger partial charge in [0.25, 0.3) is 0 Å². The van der Waals surface area contributed by atoms with Crippen LogP contribution in [0.2, 0.25) is 0 Å². The SMILES string of the molecule is Cc1cc(/C=C/C(=O)c2c(C)nn(C)c2C)cc(C)c1O. The van der Waals surface area contributed by atoms with E-state index in [4.69, 9.17) is 0 Å². The van der Waals surface area contributed by atoms with Crippen LogP contribution < -0.4 is 0 Å². The van der Waals surface area contributed by atoms with Crippen LogP contribution in [0.4, 0.5) is 0 Å². The summed E-state index contributed by atoms with van der Waals surface area (Å²) in [6, 6.07) is 3.71. The Morgan fingerprint density at radius 3 is 2.24 bits per heavy atom. The summed E-state index contributed by atoms with van der Waals surface area (Å²) in [6.07, 6.45) is 3.33. The molecule has 1 aromatic carbocycles. The van der Waals surface area contributed by atoms with E-state index < -0.39 is 0 Å². The molecule has 0 radical (unpaired) electrons. The zero-order chi connectivity index (χ0) is 15.7. The zero-order valence-corrected chi connectivity index (χ0v) is 13.1. The molecule has 1 heterocycles. The number of aromatic nitrogens is 2. The summed E-state index contributed by atoms with van der Waals surface area (Å²) in [5.74, 6) is 0.249. The van der Waals surface area contributed by atoms with Gasteiger partial charge in [-0.25, -0.2) is 0 Å². The fourth-order valence-electron chi connectivity index (χ4n) is 2.47. The second kappa shape index (κ2) is 5.56. The Balaban J connectivity index is 2.31. The number of benzene rings is 1. The molecule has 4 nitrogen and oxygen atoms in total. The Labute approximate surface area is 124 Å². The highest BCUT2D eigenvalue weighted by atomic mass is 16.3. The Morgan fingerprint density at radius 1 is 1.19 bits per heavy atom. The van der Waals surface area contributed by atoms with Gasteiger partial charge in [0.1, 0.15) is 5.75 Å². The van der Waals surface area contributed by atoms with Gasteiger partial charge in [-0.05, 0) is 62.6 Å². The van der Waals surface area contributed by atoms with Crippen LogP contribution in [0.5, 0.6) is 5.75 Å². The number of aryl methyl sites for hydroxylation is 4. The van der Waals surface area contributed by atoms with Gasteiger partial charge in [-0.2, -0.15) is 5.10 Å². The third kappa shape index (κ3) is 2.89. The molecule has 21 heavy (non-hydrogen) atoms. The van der Waals surface area contributed by atoms with Crippen molar-refractivity contribution in [3.8, 4) is 5.75 Å². The lowest BCUT2D eigenvalue weighted by Gasteiger charge is -2.04. The minimum Gasteiger partial charge on any atom is -0.507 e. The molecule has 0 spiro atoms. The average molecular weight is 284 g/mol. The lowest BCUT2D eigenvalue weighted by atomic mass is 10.0. The smallest absolute Gasteiger partial charge is 0.189 e. The quantitative estimate of drug-likeness (QED) is 0.695. The van der Waals surface area contributed by atoms with Gasteiger partial charge >= 0.3 is 0 Å². The van der Waals surface area contributed by atoms with Crippen LogP contribution in [-0.4, -0.2) is 20.7 Å². The number of phenols is 1. The van der Waals surface area contributed by atoms with Crippen molar-refractivity contribution >= 4 is 11.9 Å². The van der Waals surface area contributed by atoms with Crippen molar-refractivity contribution in [1.82, 2.24) is 9.78 Å².